The fourth-order valence-corrected chi connectivity index (χ4v) is 2.19. The minimum Gasteiger partial charge on any atom is -0.253 e. The molecule has 0 saturated carbocycles. The Morgan fingerprint density at radius 3 is 2.00 bits per heavy atom. The summed E-state index contributed by atoms with van der Waals surface area (Å²) >= 11 is 4.31. The van der Waals surface area contributed by atoms with Crippen LogP contribution < -0.4 is 0 Å². The highest BCUT2D eigenvalue weighted by molar-refractivity contribution is 7.77. The first-order valence-electron chi connectivity index (χ1n) is 3.62. The molecule has 0 aromatic heterocycles. The molecule has 54 valence electrons. The van der Waals surface area contributed by atoms with Crippen LogP contribution in [0.4, 0.5) is 0 Å². The second-order valence-electron chi connectivity index (χ2n) is 3.32. The zero-order valence-electron chi connectivity index (χ0n) is 6.17. The molecule has 0 spiro atoms. The molecule has 0 N–H and O–H groups in total. The van der Waals surface area contributed by atoms with Gasteiger partial charge in [0.15, 0.2) is 0 Å². The zero-order valence-corrected chi connectivity index (χ0v) is 7.06. The summed E-state index contributed by atoms with van der Waals surface area (Å²) in [7, 11) is 0. The molecule has 2 heteroatoms. The van der Waals surface area contributed by atoms with Gasteiger partial charge in [-0.25, -0.2) is 0 Å². The van der Waals surface area contributed by atoms with Crippen LogP contribution in [0.15, 0.2) is 0 Å². The first-order valence-corrected chi connectivity index (χ1v) is 4.02. The van der Waals surface area contributed by atoms with Crippen LogP contribution in [-0.4, -0.2) is 17.4 Å². The van der Waals surface area contributed by atoms with Gasteiger partial charge in [0.1, 0.15) is 0 Å². The molecule has 0 bridgehead atoms. The van der Waals surface area contributed by atoms with Crippen LogP contribution in [0.25, 0.3) is 0 Å². The molecule has 2 atom stereocenters. The Kier molecular flexibility index (Phi) is 2.42. The predicted octanol–water partition coefficient (Wildman–Crippen LogP) is 1.81. The van der Waals surface area contributed by atoms with E-state index in [1.54, 1.807) is 0 Å². The van der Waals surface area contributed by atoms with Gasteiger partial charge in [0.2, 0.25) is 0 Å². The number of nitrogens with zero attached hydrogens (tertiary/aromatic N) is 1. The van der Waals surface area contributed by atoms with Gasteiger partial charge < -0.3 is 0 Å². The lowest BCUT2D eigenvalue weighted by molar-refractivity contribution is 0.239. The summed E-state index contributed by atoms with van der Waals surface area (Å²) < 4.78 is 2.12. The fourth-order valence-electron chi connectivity index (χ4n) is 1.63. The number of hydrogen-bond donors (Lipinski definition) is 1. The van der Waals surface area contributed by atoms with Gasteiger partial charge in [0.25, 0.3) is 0 Å². The Labute approximate surface area is 63.0 Å². The van der Waals surface area contributed by atoms with Gasteiger partial charge in [-0.2, -0.15) is 0 Å². The molecule has 0 aromatic rings. The van der Waals surface area contributed by atoms with E-state index in [0.29, 0.717) is 0 Å². The topological polar surface area (TPSA) is 3.24 Å². The molecule has 1 aliphatic heterocycles. The molecule has 0 amide bonds. The highest BCUT2D eigenvalue weighted by atomic mass is 32.1. The van der Waals surface area contributed by atoms with Gasteiger partial charge in [0, 0.05) is 13.1 Å². The third-order valence-corrected chi connectivity index (χ3v) is 2.18. The number of thiol groups is 1. The maximum absolute atomic E-state index is 4.31. The highest BCUT2D eigenvalue weighted by Gasteiger charge is 2.18. The van der Waals surface area contributed by atoms with Gasteiger partial charge in [-0.1, -0.05) is 26.7 Å². The van der Waals surface area contributed by atoms with E-state index in [9.17, 15) is 0 Å². The fraction of sp³-hybridized carbons (Fsp3) is 1.00. The number of piperidine rings is 1. The molecule has 0 radical (unpaired) electrons. The second-order valence-corrected chi connectivity index (χ2v) is 3.88. The predicted molar refractivity (Wildman–Crippen MR) is 43.5 cm³/mol. The van der Waals surface area contributed by atoms with Gasteiger partial charge in [-0.3, -0.25) is 4.31 Å². The summed E-state index contributed by atoms with van der Waals surface area (Å²) in [5.41, 5.74) is 0. The van der Waals surface area contributed by atoms with Crippen molar-refractivity contribution >= 4 is 12.8 Å². The summed E-state index contributed by atoms with van der Waals surface area (Å²) in [6.07, 6.45) is 1.37. The number of hydrogen-bond acceptors (Lipinski definition) is 2. The molecule has 2 unspecified atom stereocenters. The van der Waals surface area contributed by atoms with E-state index in [0.717, 1.165) is 24.9 Å². The van der Waals surface area contributed by atoms with E-state index >= 15 is 0 Å². The van der Waals surface area contributed by atoms with Crippen molar-refractivity contribution in [2.45, 2.75) is 20.3 Å². The van der Waals surface area contributed by atoms with Crippen molar-refractivity contribution in [1.82, 2.24) is 4.31 Å². The van der Waals surface area contributed by atoms with Crippen molar-refractivity contribution in [3.63, 3.8) is 0 Å². The molecule has 9 heavy (non-hydrogen) atoms. The van der Waals surface area contributed by atoms with E-state index in [2.05, 4.69) is 31.0 Å². The normalized spacial score (nSPS) is 39.0. The smallest absolute Gasteiger partial charge is 0.0113 e. The van der Waals surface area contributed by atoms with Crippen LogP contribution in [0, 0.1) is 11.8 Å². The lowest BCUT2D eigenvalue weighted by Gasteiger charge is -2.30. The molecule has 0 aromatic carbocycles. The zero-order chi connectivity index (χ0) is 6.85. The van der Waals surface area contributed by atoms with Gasteiger partial charge in [-0.15, -0.1) is 0 Å². The third kappa shape index (κ3) is 2.18. The molecule has 1 nitrogen and oxygen atoms in total. The Hall–Kier alpha value is 0.310. The monoisotopic (exact) mass is 145 g/mol. The van der Waals surface area contributed by atoms with Crippen LogP contribution in [-0.2, 0) is 0 Å². The van der Waals surface area contributed by atoms with Crippen LogP contribution in [0.5, 0.6) is 0 Å². The van der Waals surface area contributed by atoms with Crippen molar-refractivity contribution in [2.24, 2.45) is 11.8 Å². The van der Waals surface area contributed by atoms with Crippen molar-refractivity contribution in [3.8, 4) is 0 Å². The molecular formula is C7H15NS. The van der Waals surface area contributed by atoms with Crippen molar-refractivity contribution < 1.29 is 0 Å². The molecule has 0 aliphatic carbocycles. The van der Waals surface area contributed by atoms with Crippen molar-refractivity contribution in [2.75, 3.05) is 13.1 Å². The van der Waals surface area contributed by atoms with E-state index < -0.39 is 0 Å². The standard InChI is InChI=1S/C7H15NS/c1-6-3-7(2)5-8(9)4-6/h6-7,9H,3-5H2,1-2H3. The van der Waals surface area contributed by atoms with Gasteiger partial charge >= 0.3 is 0 Å². The second kappa shape index (κ2) is 2.93. The van der Waals surface area contributed by atoms with Gasteiger partial charge in [0.05, 0.1) is 0 Å². The molecule has 1 aliphatic rings. The highest BCUT2D eigenvalue weighted by Crippen LogP contribution is 2.21. The minimum atomic E-state index is 0.839. The third-order valence-electron chi connectivity index (χ3n) is 1.85. The maximum Gasteiger partial charge on any atom is 0.0113 e. The maximum atomic E-state index is 4.31. The van der Waals surface area contributed by atoms with E-state index in [1.165, 1.54) is 6.42 Å². The Morgan fingerprint density at radius 2 is 1.67 bits per heavy atom. The Balaban J connectivity index is 2.34. The van der Waals surface area contributed by atoms with E-state index in [1.807, 2.05) is 0 Å². The molecular weight excluding hydrogens is 130 g/mol. The molecule has 1 heterocycles. The largest absolute Gasteiger partial charge is 0.253 e. The molecule has 1 fully saturated rings. The number of rotatable bonds is 0. The summed E-state index contributed by atoms with van der Waals surface area (Å²) in [6, 6.07) is 0. The SMILES string of the molecule is CC1CC(C)CN(S)C1. The average molecular weight is 145 g/mol. The van der Waals surface area contributed by atoms with Crippen molar-refractivity contribution in [1.29, 1.82) is 0 Å². The van der Waals surface area contributed by atoms with Crippen molar-refractivity contribution in [3.05, 3.63) is 0 Å². The van der Waals surface area contributed by atoms with Crippen LogP contribution >= 0.6 is 12.8 Å². The first-order chi connectivity index (χ1) is 4.18. The first kappa shape index (κ1) is 7.42. The Morgan fingerprint density at radius 1 is 1.22 bits per heavy atom. The minimum absolute atomic E-state index is 0.839. The lowest BCUT2D eigenvalue weighted by atomic mass is 9.94. The summed E-state index contributed by atoms with van der Waals surface area (Å²) in [4.78, 5) is 0. The van der Waals surface area contributed by atoms with Crippen LogP contribution in [0.3, 0.4) is 0 Å². The quantitative estimate of drug-likeness (QED) is 0.509. The molecule has 1 rings (SSSR count). The van der Waals surface area contributed by atoms with E-state index in [4.69, 9.17) is 0 Å². The van der Waals surface area contributed by atoms with E-state index in [-0.39, 0.29) is 0 Å². The van der Waals surface area contributed by atoms with Gasteiger partial charge in [-0.05, 0) is 18.3 Å². The van der Waals surface area contributed by atoms with Crippen LogP contribution in [0.2, 0.25) is 0 Å². The molecule has 1 saturated heterocycles. The lowest BCUT2D eigenvalue weighted by Crippen LogP contribution is -2.32. The Bertz CT molecular complexity index is 69.9. The summed E-state index contributed by atoms with van der Waals surface area (Å²) in [5, 5.41) is 0. The summed E-state index contributed by atoms with van der Waals surface area (Å²) in [5.74, 6) is 1.68. The van der Waals surface area contributed by atoms with Crippen LogP contribution in [0.1, 0.15) is 20.3 Å². The average Bonchev–Trinajstić information content (AvgIpc) is 1.59. The summed E-state index contributed by atoms with van der Waals surface area (Å²) in [6.45, 7) is 6.90.